The number of nitrogens with two attached hydrogens (primary N) is 1. The summed E-state index contributed by atoms with van der Waals surface area (Å²) in [6, 6.07) is 6.09. The van der Waals surface area contributed by atoms with Gasteiger partial charge in [0.25, 0.3) is 10.1 Å². The van der Waals surface area contributed by atoms with Crippen molar-refractivity contribution < 1.29 is 17.8 Å². The van der Waals surface area contributed by atoms with Gasteiger partial charge in [-0.05, 0) is 25.5 Å². The predicted octanol–water partition coefficient (Wildman–Crippen LogP) is 0.465. The van der Waals surface area contributed by atoms with Crippen molar-refractivity contribution in [3.63, 3.8) is 0 Å². The normalized spacial score (nSPS) is 19.1. The third kappa shape index (κ3) is 5.82. The number of amides is 1. The lowest BCUT2D eigenvalue weighted by Gasteiger charge is -2.16. The first kappa shape index (κ1) is 15.6. The Morgan fingerprint density at radius 1 is 1.32 bits per heavy atom. The van der Waals surface area contributed by atoms with Crippen LogP contribution in [0.5, 0.6) is 0 Å². The number of hydrogen-bond acceptors (Lipinski definition) is 4. The Hall–Kier alpha value is -1.44. The predicted molar refractivity (Wildman–Crippen MR) is 71.2 cm³/mol. The van der Waals surface area contributed by atoms with E-state index in [1.807, 2.05) is 6.92 Å². The highest BCUT2D eigenvalue weighted by molar-refractivity contribution is 7.85. The van der Waals surface area contributed by atoms with Crippen LogP contribution in [0.1, 0.15) is 18.4 Å². The molecular formula is C12H18N2O4S. The van der Waals surface area contributed by atoms with Crippen molar-refractivity contribution in [2.24, 2.45) is 5.73 Å². The van der Waals surface area contributed by atoms with Crippen LogP contribution in [0, 0.1) is 6.92 Å². The van der Waals surface area contributed by atoms with Crippen LogP contribution in [0.15, 0.2) is 29.2 Å². The molecule has 0 saturated carbocycles. The Labute approximate surface area is 112 Å². The summed E-state index contributed by atoms with van der Waals surface area (Å²) < 4.78 is 29.6. The van der Waals surface area contributed by atoms with Crippen molar-refractivity contribution in [1.29, 1.82) is 0 Å². The summed E-state index contributed by atoms with van der Waals surface area (Å²) in [7, 11) is -4.02. The maximum atomic E-state index is 10.5. The van der Waals surface area contributed by atoms with E-state index in [9.17, 15) is 13.2 Å². The molecule has 6 nitrogen and oxygen atoms in total. The van der Waals surface area contributed by atoms with Gasteiger partial charge in [0.2, 0.25) is 5.91 Å². The number of rotatable bonds is 1. The van der Waals surface area contributed by atoms with Crippen LogP contribution in [0.3, 0.4) is 0 Å². The van der Waals surface area contributed by atoms with Crippen LogP contribution in [0.2, 0.25) is 0 Å². The molecular weight excluding hydrogens is 268 g/mol. The maximum absolute atomic E-state index is 10.5. The quantitative estimate of drug-likeness (QED) is 0.650. The van der Waals surface area contributed by atoms with Gasteiger partial charge in [0.1, 0.15) is 0 Å². The molecule has 1 aromatic rings. The minimum absolute atomic E-state index is 0.0666. The summed E-state index contributed by atoms with van der Waals surface area (Å²) in [5, 5.41) is 2.69. The van der Waals surface area contributed by atoms with Crippen LogP contribution in [0.25, 0.3) is 0 Å². The number of benzene rings is 1. The first-order valence-electron chi connectivity index (χ1n) is 5.85. The number of piperidine rings is 1. The summed E-state index contributed by atoms with van der Waals surface area (Å²) in [4.78, 5) is 10.4. The van der Waals surface area contributed by atoms with E-state index >= 15 is 0 Å². The van der Waals surface area contributed by atoms with Gasteiger partial charge in [0.05, 0.1) is 4.90 Å². The van der Waals surface area contributed by atoms with E-state index in [1.54, 1.807) is 12.1 Å². The van der Waals surface area contributed by atoms with Gasteiger partial charge in [-0.25, -0.2) is 0 Å². The fourth-order valence-electron chi connectivity index (χ4n) is 1.52. The van der Waals surface area contributed by atoms with E-state index in [-0.39, 0.29) is 16.8 Å². The van der Waals surface area contributed by atoms with E-state index in [2.05, 4.69) is 5.32 Å². The molecule has 1 atom stereocenters. The van der Waals surface area contributed by atoms with Crippen LogP contribution < -0.4 is 11.1 Å². The molecule has 0 bridgehead atoms. The lowest BCUT2D eigenvalue weighted by atomic mass is 10.1. The molecule has 106 valence electrons. The summed E-state index contributed by atoms with van der Waals surface area (Å²) in [6.45, 7) is 2.59. The standard InChI is InChI=1S/C7H8O3S.C5H10N2O/c1-6-2-4-7(5-3-6)11(8,9)10;6-4-1-2-7-5(8)3-4/h2-5H,1H3,(H,8,9,10);4H,1-3,6H2,(H,7,8). The zero-order chi connectivity index (χ0) is 14.5. The average Bonchev–Trinajstić information content (AvgIpc) is 2.28. The van der Waals surface area contributed by atoms with Gasteiger partial charge in [-0.3, -0.25) is 9.35 Å². The minimum Gasteiger partial charge on any atom is -0.356 e. The molecule has 1 heterocycles. The SMILES string of the molecule is Cc1ccc(S(=O)(=O)O)cc1.NC1CCNC(=O)C1. The fraction of sp³-hybridized carbons (Fsp3) is 0.417. The van der Waals surface area contributed by atoms with Gasteiger partial charge in [-0.1, -0.05) is 17.7 Å². The van der Waals surface area contributed by atoms with E-state index in [4.69, 9.17) is 10.3 Å². The van der Waals surface area contributed by atoms with Crippen LogP contribution in [0.4, 0.5) is 0 Å². The van der Waals surface area contributed by atoms with Crippen LogP contribution in [-0.2, 0) is 14.9 Å². The van der Waals surface area contributed by atoms with Crippen LogP contribution in [-0.4, -0.2) is 31.5 Å². The smallest absolute Gasteiger partial charge is 0.294 e. The lowest BCUT2D eigenvalue weighted by molar-refractivity contribution is -0.122. The van der Waals surface area contributed by atoms with Gasteiger partial charge in [-0.2, -0.15) is 8.42 Å². The molecule has 0 aliphatic carbocycles. The second-order valence-corrected chi connectivity index (χ2v) is 5.81. The molecule has 1 aliphatic rings. The van der Waals surface area contributed by atoms with Crippen LogP contribution >= 0.6 is 0 Å². The molecule has 1 saturated heterocycles. The first-order valence-corrected chi connectivity index (χ1v) is 7.29. The van der Waals surface area contributed by atoms with Gasteiger partial charge in [0.15, 0.2) is 0 Å². The Morgan fingerprint density at radius 3 is 2.26 bits per heavy atom. The van der Waals surface area contributed by atoms with E-state index in [0.29, 0.717) is 6.42 Å². The van der Waals surface area contributed by atoms with Gasteiger partial charge in [0, 0.05) is 19.0 Å². The van der Waals surface area contributed by atoms with E-state index in [0.717, 1.165) is 18.5 Å². The molecule has 0 radical (unpaired) electrons. The molecule has 1 unspecified atom stereocenters. The maximum Gasteiger partial charge on any atom is 0.294 e. The molecule has 1 aliphatic heterocycles. The molecule has 4 N–H and O–H groups in total. The number of carbonyl (C=O) groups is 1. The molecule has 0 spiro atoms. The molecule has 1 fully saturated rings. The second kappa shape index (κ2) is 6.65. The van der Waals surface area contributed by atoms with Crippen molar-refractivity contribution >= 4 is 16.0 Å². The topological polar surface area (TPSA) is 109 Å². The van der Waals surface area contributed by atoms with Crippen molar-refractivity contribution in [3.8, 4) is 0 Å². The van der Waals surface area contributed by atoms with E-state index < -0.39 is 10.1 Å². The second-order valence-electron chi connectivity index (χ2n) is 4.39. The van der Waals surface area contributed by atoms with Crippen molar-refractivity contribution in [2.45, 2.75) is 30.7 Å². The zero-order valence-electron chi connectivity index (χ0n) is 10.7. The molecule has 2 rings (SSSR count). The number of hydrogen-bond donors (Lipinski definition) is 3. The number of nitrogens with one attached hydrogen (secondary N) is 1. The summed E-state index contributed by atoms with van der Waals surface area (Å²) in [5.41, 5.74) is 6.42. The Morgan fingerprint density at radius 2 is 1.89 bits per heavy atom. The number of aryl methyl sites for hydroxylation is 1. The Bertz CT molecular complexity index is 525. The molecule has 0 aromatic heterocycles. The van der Waals surface area contributed by atoms with Crippen molar-refractivity contribution in [1.82, 2.24) is 5.32 Å². The number of carbonyl (C=O) groups excluding carboxylic acids is 1. The van der Waals surface area contributed by atoms with Crippen molar-refractivity contribution in [3.05, 3.63) is 29.8 Å². The van der Waals surface area contributed by atoms with Gasteiger partial charge < -0.3 is 11.1 Å². The van der Waals surface area contributed by atoms with Crippen molar-refractivity contribution in [2.75, 3.05) is 6.54 Å². The monoisotopic (exact) mass is 286 g/mol. The highest BCUT2D eigenvalue weighted by Crippen LogP contribution is 2.08. The minimum atomic E-state index is -4.02. The molecule has 1 amide bonds. The highest BCUT2D eigenvalue weighted by Gasteiger charge is 2.13. The van der Waals surface area contributed by atoms with Gasteiger partial charge >= 0.3 is 0 Å². The summed E-state index contributed by atoms with van der Waals surface area (Å²) in [6.07, 6.45) is 1.42. The Kier molecular flexibility index (Phi) is 5.46. The average molecular weight is 286 g/mol. The Balaban J connectivity index is 0.000000200. The van der Waals surface area contributed by atoms with Gasteiger partial charge in [-0.15, -0.1) is 0 Å². The highest BCUT2D eigenvalue weighted by atomic mass is 32.2. The summed E-state index contributed by atoms with van der Waals surface area (Å²) >= 11 is 0. The zero-order valence-corrected chi connectivity index (χ0v) is 11.5. The largest absolute Gasteiger partial charge is 0.356 e. The third-order valence-electron chi connectivity index (χ3n) is 2.60. The summed E-state index contributed by atoms with van der Waals surface area (Å²) in [5.74, 6) is 0.0868. The molecule has 19 heavy (non-hydrogen) atoms. The first-order chi connectivity index (χ1) is 8.79. The molecule has 1 aromatic carbocycles. The lowest BCUT2D eigenvalue weighted by Crippen LogP contribution is -2.40. The molecule has 7 heteroatoms. The fourth-order valence-corrected chi connectivity index (χ4v) is 2.00. The third-order valence-corrected chi connectivity index (χ3v) is 3.47. The van der Waals surface area contributed by atoms with E-state index in [1.165, 1.54) is 12.1 Å².